The molecule has 0 radical (unpaired) electrons. The van der Waals surface area contributed by atoms with Crippen LogP contribution in [0.15, 0.2) is 15.9 Å². The largest absolute Gasteiger partial charge is 0.390 e. The minimum Gasteiger partial charge on any atom is -0.341 e. The van der Waals surface area contributed by atoms with E-state index >= 15 is 0 Å². The molecule has 7 heteroatoms. The molecule has 0 unspecified atom stereocenters. The summed E-state index contributed by atoms with van der Waals surface area (Å²) in [6.45, 7) is -0.322. The Hall–Kier alpha value is -0.560. The van der Waals surface area contributed by atoms with Gasteiger partial charge in [-0.05, 0) is 28.1 Å². The van der Waals surface area contributed by atoms with Crippen molar-refractivity contribution in [3.8, 4) is 0 Å². The van der Waals surface area contributed by atoms with Crippen LogP contribution in [0.3, 0.4) is 0 Å². The molecule has 0 fully saturated rings. The summed E-state index contributed by atoms with van der Waals surface area (Å²) in [4.78, 5) is 13.1. The number of halogens is 4. The van der Waals surface area contributed by atoms with Crippen LogP contribution in [0.4, 0.5) is 13.2 Å². The number of amides is 1. The van der Waals surface area contributed by atoms with Crippen LogP contribution in [-0.2, 0) is 0 Å². The summed E-state index contributed by atoms with van der Waals surface area (Å²) in [7, 11) is 1.36. The van der Waals surface area contributed by atoms with Crippen molar-refractivity contribution in [3.05, 3.63) is 20.8 Å². The van der Waals surface area contributed by atoms with Crippen LogP contribution in [0.1, 0.15) is 16.1 Å². The number of thiophene rings is 1. The molecule has 0 spiro atoms. The fourth-order valence-electron chi connectivity index (χ4n) is 1.01. The van der Waals surface area contributed by atoms with E-state index in [1.165, 1.54) is 18.4 Å². The molecule has 0 atom stereocenters. The van der Waals surface area contributed by atoms with Gasteiger partial charge >= 0.3 is 6.18 Å². The Kier molecular flexibility index (Phi) is 4.37. The number of hydrogen-bond donors (Lipinski definition) is 0. The van der Waals surface area contributed by atoms with E-state index in [1.54, 1.807) is 12.1 Å². The molecule has 0 N–H and O–H groups in total. The zero-order valence-corrected chi connectivity index (χ0v) is 10.7. The van der Waals surface area contributed by atoms with E-state index in [4.69, 9.17) is 0 Å². The first-order valence-corrected chi connectivity index (χ1v) is 5.98. The second kappa shape index (κ2) is 5.18. The average Bonchev–Trinajstić information content (AvgIpc) is 2.59. The van der Waals surface area contributed by atoms with Gasteiger partial charge in [-0.1, -0.05) is 0 Å². The molecule has 16 heavy (non-hydrogen) atoms. The zero-order valence-electron chi connectivity index (χ0n) is 8.34. The van der Waals surface area contributed by atoms with Gasteiger partial charge in [0.05, 0.1) is 15.1 Å². The molecular formula is C9H9BrF3NOS. The second-order valence-electron chi connectivity index (χ2n) is 3.20. The van der Waals surface area contributed by atoms with Gasteiger partial charge in [-0.15, -0.1) is 11.3 Å². The zero-order chi connectivity index (χ0) is 12.3. The van der Waals surface area contributed by atoms with Crippen molar-refractivity contribution < 1.29 is 18.0 Å². The summed E-state index contributed by atoms with van der Waals surface area (Å²) >= 11 is 4.39. The van der Waals surface area contributed by atoms with Crippen LogP contribution in [0.2, 0.25) is 0 Å². The first-order valence-electron chi connectivity index (χ1n) is 4.37. The fraction of sp³-hybridized carbons (Fsp3) is 0.444. The lowest BCUT2D eigenvalue weighted by molar-refractivity contribution is -0.136. The third kappa shape index (κ3) is 4.13. The second-order valence-corrected chi connectivity index (χ2v) is 5.66. The van der Waals surface area contributed by atoms with Gasteiger partial charge in [0, 0.05) is 13.6 Å². The van der Waals surface area contributed by atoms with Gasteiger partial charge in [0.25, 0.3) is 5.91 Å². The number of hydrogen-bond acceptors (Lipinski definition) is 2. The molecule has 2 nitrogen and oxygen atoms in total. The molecule has 1 amide bonds. The van der Waals surface area contributed by atoms with Crippen molar-refractivity contribution in [2.45, 2.75) is 12.6 Å². The highest BCUT2D eigenvalue weighted by Gasteiger charge is 2.28. The van der Waals surface area contributed by atoms with E-state index in [-0.39, 0.29) is 12.5 Å². The monoisotopic (exact) mass is 315 g/mol. The molecule has 0 aliphatic heterocycles. The number of carbonyl (C=O) groups excluding carboxylic acids is 1. The summed E-state index contributed by atoms with van der Waals surface area (Å²) in [5.41, 5.74) is 0. The van der Waals surface area contributed by atoms with Gasteiger partial charge in [0.1, 0.15) is 0 Å². The molecule has 90 valence electrons. The first-order chi connectivity index (χ1) is 7.29. The van der Waals surface area contributed by atoms with Gasteiger partial charge < -0.3 is 4.90 Å². The maximum atomic E-state index is 11.9. The third-order valence-electron chi connectivity index (χ3n) is 1.86. The Labute approximate surface area is 103 Å². The van der Waals surface area contributed by atoms with Crippen LogP contribution in [0, 0.1) is 0 Å². The Balaban J connectivity index is 2.55. The Morgan fingerprint density at radius 1 is 1.50 bits per heavy atom. The quantitative estimate of drug-likeness (QED) is 0.835. The molecule has 0 aliphatic rings. The molecule has 0 saturated heterocycles. The topological polar surface area (TPSA) is 20.3 Å². The number of nitrogens with zero attached hydrogens (tertiary/aromatic N) is 1. The molecule has 0 saturated carbocycles. The first kappa shape index (κ1) is 13.5. The van der Waals surface area contributed by atoms with Gasteiger partial charge in [-0.3, -0.25) is 4.79 Å². The lowest BCUT2D eigenvalue weighted by atomic mass is 10.3. The average molecular weight is 316 g/mol. The molecule has 1 aromatic rings. The van der Waals surface area contributed by atoms with E-state index < -0.39 is 12.6 Å². The Morgan fingerprint density at radius 2 is 2.12 bits per heavy atom. The number of alkyl halides is 3. The maximum Gasteiger partial charge on any atom is 0.390 e. The number of carbonyl (C=O) groups is 1. The molecule has 1 heterocycles. The van der Waals surface area contributed by atoms with Crippen LogP contribution in [0.25, 0.3) is 0 Å². The third-order valence-corrected chi connectivity index (χ3v) is 3.47. The van der Waals surface area contributed by atoms with Crippen molar-refractivity contribution in [1.82, 2.24) is 4.90 Å². The van der Waals surface area contributed by atoms with Crippen LogP contribution < -0.4 is 0 Å². The van der Waals surface area contributed by atoms with Crippen molar-refractivity contribution in [2.24, 2.45) is 0 Å². The standard InChI is InChI=1S/C9H9BrF3NOS/c1-14(5-4-9(11,12)13)8(15)6-2-3-7(10)16-6/h2-3H,4-5H2,1H3. The van der Waals surface area contributed by atoms with Gasteiger partial charge in [-0.2, -0.15) is 13.2 Å². The summed E-state index contributed by atoms with van der Waals surface area (Å²) in [5.74, 6) is -0.389. The minimum absolute atomic E-state index is 0.322. The van der Waals surface area contributed by atoms with Gasteiger partial charge in [-0.25, -0.2) is 0 Å². The fourth-order valence-corrected chi connectivity index (χ4v) is 2.39. The molecule has 0 aromatic carbocycles. The molecule has 1 aromatic heterocycles. The molecule has 0 aliphatic carbocycles. The van der Waals surface area contributed by atoms with Crippen molar-refractivity contribution in [2.75, 3.05) is 13.6 Å². The predicted molar refractivity (Wildman–Crippen MR) is 59.7 cm³/mol. The lowest BCUT2D eigenvalue weighted by Crippen LogP contribution is -2.29. The van der Waals surface area contributed by atoms with E-state index in [0.717, 1.165) is 8.69 Å². The summed E-state index contributed by atoms with van der Waals surface area (Å²) in [5, 5.41) is 0. The van der Waals surface area contributed by atoms with Crippen molar-refractivity contribution in [1.29, 1.82) is 0 Å². The SMILES string of the molecule is CN(CCC(F)(F)F)C(=O)c1ccc(Br)s1. The van der Waals surface area contributed by atoms with E-state index in [1.807, 2.05) is 0 Å². The molecule has 1 rings (SSSR count). The predicted octanol–water partition coefficient (Wildman–Crippen LogP) is 3.54. The van der Waals surface area contributed by atoms with Gasteiger partial charge in [0.2, 0.25) is 0 Å². The highest BCUT2D eigenvalue weighted by molar-refractivity contribution is 9.11. The smallest absolute Gasteiger partial charge is 0.341 e. The lowest BCUT2D eigenvalue weighted by Gasteiger charge is -2.17. The van der Waals surface area contributed by atoms with Crippen LogP contribution in [-0.4, -0.2) is 30.6 Å². The highest BCUT2D eigenvalue weighted by atomic mass is 79.9. The van der Waals surface area contributed by atoms with E-state index in [9.17, 15) is 18.0 Å². The number of rotatable bonds is 3. The Bertz CT molecular complexity index is 377. The molecule has 0 bridgehead atoms. The highest BCUT2D eigenvalue weighted by Crippen LogP contribution is 2.24. The van der Waals surface area contributed by atoms with E-state index in [0.29, 0.717) is 4.88 Å². The summed E-state index contributed by atoms with van der Waals surface area (Å²) in [6, 6.07) is 3.27. The normalized spacial score (nSPS) is 11.6. The van der Waals surface area contributed by atoms with Crippen LogP contribution in [0.5, 0.6) is 0 Å². The van der Waals surface area contributed by atoms with Crippen molar-refractivity contribution in [3.63, 3.8) is 0 Å². The molecular weight excluding hydrogens is 307 g/mol. The van der Waals surface area contributed by atoms with Gasteiger partial charge in [0.15, 0.2) is 0 Å². The maximum absolute atomic E-state index is 11.9. The summed E-state index contributed by atoms with van der Waals surface area (Å²) < 4.78 is 36.6. The van der Waals surface area contributed by atoms with E-state index in [2.05, 4.69) is 15.9 Å². The Morgan fingerprint density at radius 3 is 2.56 bits per heavy atom. The van der Waals surface area contributed by atoms with Crippen LogP contribution >= 0.6 is 27.3 Å². The minimum atomic E-state index is -4.23. The summed E-state index contributed by atoms with van der Waals surface area (Å²) in [6.07, 6.45) is -5.22. The van der Waals surface area contributed by atoms with Crippen molar-refractivity contribution >= 4 is 33.2 Å².